The molecule has 0 aliphatic rings. The zero-order valence-electron chi connectivity index (χ0n) is 19.7. The van der Waals surface area contributed by atoms with Crippen molar-refractivity contribution < 1.29 is 16.8 Å². The Kier molecular flexibility index (Phi) is 5.70. The summed E-state index contributed by atoms with van der Waals surface area (Å²) in [6.45, 7) is 0. The number of fused-ring (bicyclic) bond motifs is 3. The minimum absolute atomic E-state index is 0.0492. The molecule has 0 spiro atoms. The smallest absolute Gasteiger partial charge is 0.262 e. The highest BCUT2D eigenvalue weighted by atomic mass is 32.2. The van der Waals surface area contributed by atoms with E-state index in [0.717, 1.165) is 10.8 Å². The van der Waals surface area contributed by atoms with Crippen LogP contribution in [0.1, 0.15) is 0 Å². The molecule has 38 heavy (non-hydrogen) atoms. The Labute approximate surface area is 219 Å². The summed E-state index contributed by atoms with van der Waals surface area (Å²) in [7, 11) is -8.19. The molecule has 2 N–H and O–H groups in total. The average Bonchev–Trinajstić information content (AvgIpc) is 2.92. The third-order valence-electron chi connectivity index (χ3n) is 6.25. The first kappa shape index (κ1) is 23.8. The van der Waals surface area contributed by atoms with Crippen molar-refractivity contribution in [1.29, 1.82) is 0 Å². The highest BCUT2D eigenvalue weighted by Gasteiger charge is 2.23. The molecule has 0 radical (unpaired) electrons. The molecular formula is C28H20N4O4S2. The summed E-state index contributed by atoms with van der Waals surface area (Å²) < 4.78 is 59.4. The number of anilines is 2. The number of hydrogen-bond donors (Lipinski definition) is 2. The van der Waals surface area contributed by atoms with Crippen molar-refractivity contribution in [2.45, 2.75) is 9.79 Å². The molecule has 6 aromatic rings. The molecular weight excluding hydrogens is 520 g/mol. The molecule has 6 rings (SSSR count). The fourth-order valence-corrected chi connectivity index (χ4v) is 7.09. The Morgan fingerprint density at radius 2 is 0.842 bits per heavy atom. The molecule has 0 aliphatic carbocycles. The standard InChI is InChI=1S/C28H20N4O4S2/c33-37(34,31-25-17-29-15-19-7-1-3-9-21(19)25)27-13-5-12-24-23(27)11-6-14-28(24)38(35,36)32-26-18-30-16-20-8-2-4-10-22(20)26/h1-18,31-32H. The lowest BCUT2D eigenvalue weighted by molar-refractivity contribution is 0.599. The van der Waals surface area contributed by atoms with Gasteiger partial charge in [-0.05, 0) is 12.1 Å². The minimum Gasteiger partial charge on any atom is -0.277 e. The van der Waals surface area contributed by atoms with Crippen molar-refractivity contribution in [3.8, 4) is 0 Å². The van der Waals surface area contributed by atoms with Crippen LogP contribution in [0, 0.1) is 0 Å². The summed E-state index contributed by atoms with van der Waals surface area (Å²) in [4.78, 5) is 8.18. The van der Waals surface area contributed by atoms with Gasteiger partial charge in [0.1, 0.15) is 0 Å². The number of aromatic nitrogens is 2. The fourth-order valence-electron chi connectivity index (χ4n) is 4.52. The number of rotatable bonds is 6. The van der Waals surface area contributed by atoms with Crippen molar-refractivity contribution in [1.82, 2.24) is 9.97 Å². The van der Waals surface area contributed by atoms with Gasteiger partial charge in [-0.3, -0.25) is 19.4 Å². The maximum atomic E-state index is 13.5. The normalized spacial score (nSPS) is 12.1. The second kappa shape index (κ2) is 9.09. The van der Waals surface area contributed by atoms with Gasteiger partial charge < -0.3 is 0 Å². The largest absolute Gasteiger partial charge is 0.277 e. The first-order valence-electron chi connectivity index (χ1n) is 11.6. The van der Waals surface area contributed by atoms with Gasteiger partial charge in [0.2, 0.25) is 0 Å². The lowest BCUT2D eigenvalue weighted by Crippen LogP contribution is -2.16. The highest BCUT2D eigenvalue weighted by molar-refractivity contribution is 7.93. The predicted molar refractivity (Wildman–Crippen MR) is 149 cm³/mol. The molecule has 2 heterocycles. The molecule has 0 aliphatic heterocycles. The Hall–Kier alpha value is -4.54. The maximum Gasteiger partial charge on any atom is 0.262 e. The summed E-state index contributed by atoms with van der Waals surface area (Å²) in [5.74, 6) is 0. The molecule has 10 heteroatoms. The molecule has 8 nitrogen and oxygen atoms in total. The average molecular weight is 541 g/mol. The highest BCUT2D eigenvalue weighted by Crippen LogP contribution is 2.32. The first-order valence-corrected chi connectivity index (χ1v) is 14.5. The van der Waals surface area contributed by atoms with E-state index in [1.54, 1.807) is 36.7 Å². The van der Waals surface area contributed by atoms with Crippen molar-refractivity contribution in [2.75, 3.05) is 9.44 Å². The first-order chi connectivity index (χ1) is 18.3. The molecule has 4 aromatic carbocycles. The van der Waals surface area contributed by atoms with E-state index in [-0.39, 0.29) is 20.6 Å². The van der Waals surface area contributed by atoms with Crippen molar-refractivity contribution in [3.05, 3.63) is 110 Å². The van der Waals surface area contributed by atoms with E-state index in [9.17, 15) is 16.8 Å². The van der Waals surface area contributed by atoms with E-state index in [2.05, 4.69) is 19.4 Å². The summed E-state index contributed by atoms with van der Waals surface area (Å²) in [5.41, 5.74) is 0.656. The zero-order chi connectivity index (χ0) is 26.3. The lowest BCUT2D eigenvalue weighted by atomic mass is 10.1. The van der Waals surface area contributed by atoms with Gasteiger partial charge in [0.05, 0.1) is 33.6 Å². The van der Waals surface area contributed by atoms with E-state index in [4.69, 9.17) is 0 Å². The van der Waals surface area contributed by atoms with E-state index < -0.39 is 20.0 Å². The van der Waals surface area contributed by atoms with Gasteiger partial charge in [-0.25, -0.2) is 16.8 Å². The van der Waals surface area contributed by atoms with Crippen LogP contribution in [0.3, 0.4) is 0 Å². The topological polar surface area (TPSA) is 118 Å². The van der Waals surface area contributed by atoms with Crippen molar-refractivity contribution >= 4 is 63.7 Å². The van der Waals surface area contributed by atoms with Gasteiger partial charge in [0.15, 0.2) is 0 Å². The number of sulfonamides is 2. The molecule has 0 saturated carbocycles. The number of nitrogens with one attached hydrogen (secondary N) is 2. The van der Waals surface area contributed by atoms with Gasteiger partial charge in [0, 0.05) is 44.7 Å². The van der Waals surface area contributed by atoms with Crippen LogP contribution in [0.25, 0.3) is 32.3 Å². The molecule has 0 saturated heterocycles. The Balaban J connectivity index is 1.44. The molecule has 0 amide bonds. The van der Waals surface area contributed by atoms with Gasteiger partial charge >= 0.3 is 0 Å². The molecule has 0 atom stereocenters. The van der Waals surface area contributed by atoms with Crippen LogP contribution >= 0.6 is 0 Å². The number of nitrogens with zero attached hydrogens (tertiary/aromatic N) is 2. The zero-order valence-corrected chi connectivity index (χ0v) is 21.4. The molecule has 188 valence electrons. The van der Waals surface area contributed by atoms with E-state index in [0.29, 0.717) is 22.1 Å². The Morgan fingerprint density at radius 3 is 1.29 bits per heavy atom. The van der Waals surface area contributed by atoms with Crippen LogP contribution in [0.15, 0.2) is 120 Å². The maximum absolute atomic E-state index is 13.5. The summed E-state index contributed by atoms with van der Waals surface area (Å²) in [6.07, 6.45) is 6.20. The minimum atomic E-state index is -4.10. The molecule has 0 fully saturated rings. The molecule has 0 bridgehead atoms. The second-order valence-electron chi connectivity index (χ2n) is 8.63. The van der Waals surface area contributed by atoms with Gasteiger partial charge in [-0.2, -0.15) is 0 Å². The van der Waals surface area contributed by atoms with Crippen LogP contribution in [-0.2, 0) is 20.0 Å². The van der Waals surface area contributed by atoms with Crippen molar-refractivity contribution in [2.24, 2.45) is 0 Å². The van der Waals surface area contributed by atoms with E-state index >= 15 is 0 Å². The van der Waals surface area contributed by atoms with Crippen LogP contribution in [-0.4, -0.2) is 26.8 Å². The predicted octanol–water partition coefficient (Wildman–Crippen LogP) is 5.54. The quantitative estimate of drug-likeness (QED) is 0.286. The molecule has 0 unspecified atom stereocenters. The summed E-state index contributed by atoms with van der Waals surface area (Å²) >= 11 is 0. The number of hydrogen-bond acceptors (Lipinski definition) is 6. The van der Waals surface area contributed by atoms with Crippen molar-refractivity contribution in [3.63, 3.8) is 0 Å². The SMILES string of the molecule is O=S(=O)(Nc1cncc2ccccc12)c1cccc2c(S(=O)(=O)Nc3cncc4ccccc34)cccc12. The monoisotopic (exact) mass is 540 g/mol. The third-order valence-corrected chi connectivity index (χ3v) is 9.09. The number of pyridine rings is 2. The van der Waals surface area contributed by atoms with E-state index in [1.807, 2.05) is 36.4 Å². The Bertz CT molecular complexity index is 1920. The molecule has 2 aromatic heterocycles. The fraction of sp³-hybridized carbons (Fsp3) is 0. The van der Waals surface area contributed by atoms with Gasteiger partial charge in [-0.1, -0.05) is 72.8 Å². The van der Waals surface area contributed by atoms with Crippen LogP contribution in [0.4, 0.5) is 11.4 Å². The van der Waals surface area contributed by atoms with Crippen LogP contribution < -0.4 is 9.44 Å². The van der Waals surface area contributed by atoms with Gasteiger partial charge in [-0.15, -0.1) is 0 Å². The van der Waals surface area contributed by atoms with Crippen LogP contribution in [0.2, 0.25) is 0 Å². The summed E-state index contributed by atoms with van der Waals surface area (Å²) in [5, 5.41) is 3.50. The summed E-state index contributed by atoms with van der Waals surface area (Å²) in [6, 6.07) is 23.7. The Morgan fingerprint density at radius 1 is 0.447 bits per heavy atom. The van der Waals surface area contributed by atoms with Crippen LogP contribution in [0.5, 0.6) is 0 Å². The van der Waals surface area contributed by atoms with E-state index in [1.165, 1.54) is 36.7 Å². The lowest BCUT2D eigenvalue weighted by Gasteiger charge is -2.15. The van der Waals surface area contributed by atoms with Gasteiger partial charge in [0.25, 0.3) is 20.0 Å². The number of benzene rings is 4. The second-order valence-corrected chi connectivity index (χ2v) is 11.9. The third kappa shape index (κ3) is 4.19.